The summed E-state index contributed by atoms with van der Waals surface area (Å²) in [6.07, 6.45) is 1.27. The molecule has 0 aliphatic carbocycles. The quantitative estimate of drug-likeness (QED) is 0.716. The summed E-state index contributed by atoms with van der Waals surface area (Å²) in [5.74, 6) is -1.10. The third-order valence-corrected chi connectivity index (χ3v) is 3.37. The molecule has 0 fully saturated rings. The molecule has 6 heteroatoms. The number of hydrogen-bond donors (Lipinski definition) is 3. The maximum absolute atomic E-state index is 12.0. The molecular formula is C14H15ClN2O3. The van der Waals surface area contributed by atoms with Crippen LogP contribution < -0.4 is 5.32 Å². The number of aromatic amines is 1. The van der Waals surface area contributed by atoms with Crippen LogP contribution in [0.3, 0.4) is 0 Å². The topological polar surface area (TPSA) is 82.2 Å². The van der Waals surface area contributed by atoms with Gasteiger partial charge in [0, 0.05) is 23.9 Å². The van der Waals surface area contributed by atoms with E-state index >= 15 is 0 Å². The number of carboxylic acids is 1. The molecule has 2 rings (SSSR count). The molecule has 1 aromatic heterocycles. The molecule has 1 heterocycles. The first kappa shape index (κ1) is 14.4. The Hall–Kier alpha value is -2.01. The molecule has 0 bridgehead atoms. The van der Waals surface area contributed by atoms with Gasteiger partial charge in [-0.25, -0.2) is 0 Å². The van der Waals surface area contributed by atoms with Crippen LogP contribution in [0.5, 0.6) is 0 Å². The van der Waals surface area contributed by atoms with E-state index in [-0.39, 0.29) is 12.3 Å². The minimum atomic E-state index is -0.824. The molecule has 0 aliphatic heterocycles. The normalized spacial score (nSPS) is 10.7. The number of carbonyl (C=O) groups excluding carboxylic acids is 1. The lowest BCUT2D eigenvalue weighted by Crippen LogP contribution is -2.25. The highest BCUT2D eigenvalue weighted by Gasteiger charge is 2.15. The van der Waals surface area contributed by atoms with Crippen LogP contribution in [0, 0.1) is 0 Å². The summed E-state index contributed by atoms with van der Waals surface area (Å²) in [5.41, 5.74) is 1.15. The van der Waals surface area contributed by atoms with E-state index in [0.29, 0.717) is 30.1 Å². The fraction of sp³-hybridized carbons (Fsp3) is 0.286. The third-order valence-electron chi connectivity index (χ3n) is 2.97. The molecule has 1 amide bonds. The SMILES string of the molecule is O=C(O)CCCCNC(=O)c1[nH]c2ccccc2c1Cl. The molecular weight excluding hydrogens is 280 g/mol. The Labute approximate surface area is 120 Å². The minimum absolute atomic E-state index is 0.114. The van der Waals surface area contributed by atoms with Crippen LogP contribution in [0.1, 0.15) is 29.8 Å². The second kappa shape index (κ2) is 6.43. The molecule has 3 N–H and O–H groups in total. The highest BCUT2D eigenvalue weighted by atomic mass is 35.5. The number of unbranched alkanes of at least 4 members (excludes halogenated alkanes) is 1. The molecule has 20 heavy (non-hydrogen) atoms. The average Bonchev–Trinajstić information content (AvgIpc) is 2.76. The fourth-order valence-electron chi connectivity index (χ4n) is 1.96. The van der Waals surface area contributed by atoms with Crippen molar-refractivity contribution >= 4 is 34.4 Å². The predicted molar refractivity (Wildman–Crippen MR) is 77.1 cm³/mol. The van der Waals surface area contributed by atoms with E-state index in [1.54, 1.807) is 0 Å². The number of carbonyl (C=O) groups is 2. The summed E-state index contributed by atoms with van der Waals surface area (Å²) < 4.78 is 0. The number of halogens is 1. The van der Waals surface area contributed by atoms with Crippen LogP contribution in [0.4, 0.5) is 0 Å². The smallest absolute Gasteiger partial charge is 0.303 e. The summed E-state index contributed by atoms with van der Waals surface area (Å²) in [6.45, 7) is 0.428. The molecule has 2 aromatic rings. The number of amides is 1. The highest BCUT2D eigenvalue weighted by molar-refractivity contribution is 6.38. The largest absolute Gasteiger partial charge is 0.481 e. The van der Waals surface area contributed by atoms with Crippen molar-refractivity contribution in [2.24, 2.45) is 0 Å². The maximum Gasteiger partial charge on any atom is 0.303 e. The lowest BCUT2D eigenvalue weighted by Gasteiger charge is -2.03. The highest BCUT2D eigenvalue weighted by Crippen LogP contribution is 2.26. The van der Waals surface area contributed by atoms with Gasteiger partial charge in [-0.2, -0.15) is 0 Å². The fourth-order valence-corrected chi connectivity index (χ4v) is 2.25. The Balaban J connectivity index is 1.94. The number of hydrogen-bond acceptors (Lipinski definition) is 2. The zero-order chi connectivity index (χ0) is 14.5. The van der Waals surface area contributed by atoms with Crippen molar-refractivity contribution in [1.29, 1.82) is 0 Å². The summed E-state index contributed by atoms with van der Waals surface area (Å²) in [5, 5.41) is 12.5. The second-order valence-electron chi connectivity index (χ2n) is 4.47. The van der Waals surface area contributed by atoms with Gasteiger partial charge in [-0.3, -0.25) is 9.59 Å². The average molecular weight is 295 g/mol. The number of H-pyrrole nitrogens is 1. The van der Waals surface area contributed by atoms with Crippen LogP contribution >= 0.6 is 11.6 Å². The number of para-hydroxylation sites is 1. The predicted octanol–water partition coefficient (Wildman–Crippen LogP) is 2.81. The van der Waals surface area contributed by atoms with Crippen molar-refractivity contribution in [3.63, 3.8) is 0 Å². The Kier molecular flexibility index (Phi) is 4.63. The summed E-state index contributed by atoms with van der Waals surface area (Å²) in [6, 6.07) is 7.42. The van der Waals surface area contributed by atoms with E-state index in [4.69, 9.17) is 16.7 Å². The van der Waals surface area contributed by atoms with Crippen LogP contribution in [0.2, 0.25) is 5.02 Å². The molecule has 0 saturated heterocycles. The monoisotopic (exact) mass is 294 g/mol. The van der Waals surface area contributed by atoms with E-state index in [2.05, 4.69) is 10.3 Å². The van der Waals surface area contributed by atoms with Crippen molar-refractivity contribution in [2.75, 3.05) is 6.54 Å². The molecule has 0 spiro atoms. The van der Waals surface area contributed by atoms with Crippen molar-refractivity contribution < 1.29 is 14.7 Å². The van der Waals surface area contributed by atoms with Crippen molar-refractivity contribution in [3.8, 4) is 0 Å². The number of benzene rings is 1. The number of fused-ring (bicyclic) bond motifs is 1. The Morgan fingerprint density at radius 2 is 2.00 bits per heavy atom. The molecule has 0 radical (unpaired) electrons. The Morgan fingerprint density at radius 3 is 2.70 bits per heavy atom. The van der Waals surface area contributed by atoms with Gasteiger partial charge in [-0.05, 0) is 18.9 Å². The zero-order valence-corrected chi connectivity index (χ0v) is 11.5. The Morgan fingerprint density at radius 1 is 1.25 bits per heavy atom. The molecule has 5 nitrogen and oxygen atoms in total. The van der Waals surface area contributed by atoms with E-state index in [9.17, 15) is 9.59 Å². The van der Waals surface area contributed by atoms with E-state index in [0.717, 1.165) is 10.9 Å². The first-order valence-electron chi connectivity index (χ1n) is 6.36. The van der Waals surface area contributed by atoms with Gasteiger partial charge in [-0.1, -0.05) is 29.8 Å². The number of rotatable bonds is 6. The van der Waals surface area contributed by atoms with Gasteiger partial charge in [0.2, 0.25) is 0 Å². The molecule has 0 saturated carbocycles. The molecule has 0 aliphatic rings. The summed E-state index contributed by atoms with van der Waals surface area (Å²) >= 11 is 6.16. The van der Waals surface area contributed by atoms with Crippen LogP contribution in [-0.2, 0) is 4.79 Å². The van der Waals surface area contributed by atoms with Crippen molar-refractivity contribution in [2.45, 2.75) is 19.3 Å². The van der Waals surface area contributed by atoms with Gasteiger partial charge in [0.25, 0.3) is 5.91 Å². The molecule has 0 unspecified atom stereocenters. The standard InChI is InChI=1S/C14H15ClN2O3/c15-12-9-5-1-2-6-10(9)17-13(12)14(20)16-8-4-3-7-11(18)19/h1-2,5-6,17H,3-4,7-8H2,(H,16,20)(H,18,19). The number of nitrogens with one attached hydrogen (secondary N) is 2. The van der Waals surface area contributed by atoms with E-state index < -0.39 is 5.97 Å². The second-order valence-corrected chi connectivity index (χ2v) is 4.84. The molecule has 1 aromatic carbocycles. The van der Waals surface area contributed by atoms with Gasteiger partial charge in [0.1, 0.15) is 5.69 Å². The number of aromatic nitrogens is 1. The van der Waals surface area contributed by atoms with Gasteiger partial charge >= 0.3 is 5.97 Å². The first-order valence-corrected chi connectivity index (χ1v) is 6.73. The number of carboxylic acid groups (broad SMARTS) is 1. The Bertz CT molecular complexity index is 636. The van der Waals surface area contributed by atoms with Gasteiger partial charge in [0.15, 0.2) is 0 Å². The molecule has 0 atom stereocenters. The van der Waals surface area contributed by atoms with Crippen molar-refractivity contribution in [3.05, 3.63) is 35.0 Å². The van der Waals surface area contributed by atoms with E-state index in [1.165, 1.54) is 0 Å². The maximum atomic E-state index is 12.0. The zero-order valence-electron chi connectivity index (χ0n) is 10.8. The van der Waals surface area contributed by atoms with Gasteiger partial charge in [-0.15, -0.1) is 0 Å². The first-order chi connectivity index (χ1) is 9.59. The van der Waals surface area contributed by atoms with Gasteiger partial charge < -0.3 is 15.4 Å². The molecule has 106 valence electrons. The van der Waals surface area contributed by atoms with Gasteiger partial charge in [0.05, 0.1) is 5.02 Å². The van der Waals surface area contributed by atoms with Crippen LogP contribution in [0.25, 0.3) is 10.9 Å². The van der Waals surface area contributed by atoms with Crippen LogP contribution in [0.15, 0.2) is 24.3 Å². The minimum Gasteiger partial charge on any atom is -0.481 e. The summed E-state index contributed by atoms with van der Waals surface area (Å²) in [7, 11) is 0. The summed E-state index contributed by atoms with van der Waals surface area (Å²) in [4.78, 5) is 25.3. The third kappa shape index (κ3) is 3.30. The lowest BCUT2D eigenvalue weighted by molar-refractivity contribution is -0.137. The van der Waals surface area contributed by atoms with Crippen molar-refractivity contribution in [1.82, 2.24) is 10.3 Å². The van der Waals surface area contributed by atoms with Crippen LogP contribution in [-0.4, -0.2) is 28.5 Å². The van der Waals surface area contributed by atoms with E-state index in [1.807, 2.05) is 24.3 Å². The lowest BCUT2D eigenvalue weighted by atomic mass is 10.2. The number of aliphatic carboxylic acids is 1.